The van der Waals surface area contributed by atoms with Gasteiger partial charge in [-0.3, -0.25) is 0 Å². The second-order valence-electron chi connectivity index (χ2n) is 7.92. The van der Waals surface area contributed by atoms with Crippen LogP contribution in [0.2, 0.25) is 0 Å². The fraction of sp³-hybridized carbons (Fsp3) is 0.526. The van der Waals surface area contributed by atoms with E-state index in [1.807, 2.05) is 0 Å². The van der Waals surface area contributed by atoms with Crippen LogP contribution in [0.4, 0.5) is 4.79 Å². The normalized spacial score (nSPS) is 22.5. The highest BCUT2D eigenvalue weighted by molar-refractivity contribution is 5.96. The SMILES string of the molecule is CC1CC1(N)C(=O)OC(=O)[C@H](Cc1ccc(O)cc1)NC(=O)OC(C)(C)C. The molecule has 8 nitrogen and oxygen atoms in total. The van der Waals surface area contributed by atoms with Gasteiger partial charge in [0.2, 0.25) is 0 Å². The van der Waals surface area contributed by atoms with Crippen LogP contribution in [0.5, 0.6) is 5.75 Å². The van der Waals surface area contributed by atoms with Crippen LogP contribution in [-0.4, -0.2) is 40.3 Å². The van der Waals surface area contributed by atoms with Gasteiger partial charge in [0.1, 0.15) is 22.9 Å². The summed E-state index contributed by atoms with van der Waals surface area (Å²) in [4.78, 5) is 36.7. The largest absolute Gasteiger partial charge is 0.508 e. The predicted molar refractivity (Wildman–Crippen MR) is 96.8 cm³/mol. The maximum atomic E-state index is 12.5. The van der Waals surface area contributed by atoms with Crippen molar-refractivity contribution in [2.75, 3.05) is 0 Å². The predicted octanol–water partition coefficient (Wildman–Crippen LogP) is 1.64. The minimum Gasteiger partial charge on any atom is -0.508 e. The lowest BCUT2D eigenvalue weighted by Gasteiger charge is -2.23. The summed E-state index contributed by atoms with van der Waals surface area (Å²) in [6, 6.07) is 4.96. The molecule has 1 aromatic rings. The Hall–Kier alpha value is -2.61. The summed E-state index contributed by atoms with van der Waals surface area (Å²) in [5, 5.41) is 11.8. The number of carbonyl (C=O) groups is 3. The number of aromatic hydroxyl groups is 1. The lowest BCUT2D eigenvalue weighted by molar-refractivity contribution is -0.163. The standard InChI is InChI=1S/C19H26N2O6/c1-11-10-19(11,20)16(24)26-15(23)14(21-17(25)27-18(2,3)4)9-12-5-7-13(22)8-6-12/h5-8,11,14,22H,9-10,20H2,1-4H3,(H,21,25)/t11?,14-,19?/m0/s1. The first kappa shape index (κ1) is 20.7. The van der Waals surface area contributed by atoms with Crippen molar-refractivity contribution >= 4 is 18.0 Å². The van der Waals surface area contributed by atoms with Crippen molar-refractivity contribution in [1.82, 2.24) is 5.32 Å². The number of ether oxygens (including phenoxy) is 2. The molecule has 2 unspecified atom stereocenters. The molecule has 2 rings (SSSR count). The Morgan fingerprint density at radius 3 is 2.33 bits per heavy atom. The molecule has 0 saturated heterocycles. The zero-order valence-corrected chi connectivity index (χ0v) is 15.9. The zero-order valence-electron chi connectivity index (χ0n) is 15.9. The third-order valence-electron chi connectivity index (χ3n) is 4.29. The molecule has 0 heterocycles. The number of phenolic OH excluding ortho intramolecular Hbond substituents is 1. The molecule has 1 aliphatic carbocycles. The van der Waals surface area contributed by atoms with Gasteiger partial charge < -0.3 is 25.6 Å². The number of nitrogens with one attached hydrogen (secondary N) is 1. The van der Waals surface area contributed by atoms with Crippen molar-refractivity contribution < 1.29 is 29.0 Å². The van der Waals surface area contributed by atoms with Crippen LogP contribution < -0.4 is 11.1 Å². The number of hydrogen-bond acceptors (Lipinski definition) is 7. The molecule has 3 atom stereocenters. The molecule has 0 radical (unpaired) electrons. The molecule has 0 spiro atoms. The number of carbonyl (C=O) groups excluding carboxylic acids is 3. The number of benzene rings is 1. The molecule has 1 saturated carbocycles. The van der Waals surface area contributed by atoms with Crippen LogP contribution in [0.3, 0.4) is 0 Å². The van der Waals surface area contributed by atoms with Gasteiger partial charge >= 0.3 is 18.0 Å². The van der Waals surface area contributed by atoms with E-state index in [-0.39, 0.29) is 18.1 Å². The Bertz CT molecular complexity index is 725. The van der Waals surface area contributed by atoms with Crippen molar-refractivity contribution in [2.24, 2.45) is 11.7 Å². The minimum absolute atomic E-state index is 0.0543. The molecule has 1 aliphatic rings. The number of rotatable bonds is 5. The summed E-state index contributed by atoms with van der Waals surface area (Å²) < 4.78 is 10.1. The van der Waals surface area contributed by atoms with Gasteiger partial charge in [-0.15, -0.1) is 0 Å². The maximum Gasteiger partial charge on any atom is 0.408 e. The fourth-order valence-corrected chi connectivity index (χ4v) is 2.50. The summed E-state index contributed by atoms with van der Waals surface area (Å²) >= 11 is 0. The van der Waals surface area contributed by atoms with Gasteiger partial charge in [0.05, 0.1) is 0 Å². The van der Waals surface area contributed by atoms with Crippen LogP contribution in [0.1, 0.15) is 39.7 Å². The first-order valence-electron chi connectivity index (χ1n) is 8.73. The van der Waals surface area contributed by atoms with Crippen molar-refractivity contribution in [1.29, 1.82) is 0 Å². The maximum absolute atomic E-state index is 12.5. The zero-order chi connectivity index (χ0) is 20.4. The topological polar surface area (TPSA) is 128 Å². The molecular weight excluding hydrogens is 352 g/mol. The van der Waals surface area contributed by atoms with Crippen molar-refractivity contribution in [3.63, 3.8) is 0 Å². The molecule has 0 aliphatic heterocycles. The van der Waals surface area contributed by atoms with E-state index in [0.717, 1.165) is 0 Å². The summed E-state index contributed by atoms with van der Waals surface area (Å²) in [5.41, 5.74) is 4.62. The lowest BCUT2D eigenvalue weighted by atomic mass is 10.1. The summed E-state index contributed by atoms with van der Waals surface area (Å²) in [6.45, 7) is 6.86. The molecule has 4 N–H and O–H groups in total. The minimum atomic E-state index is -1.15. The van der Waals surface area contributed by atoms with Gasteiger partial charge in [0.25, 0.3) is 0 Å². The van der Waals surface area contributed by atoms with Gasteiger partial charge in [-0.25, -0.2) is 14.4 Å². The van der Waals surface area contributed by atoms with Gasteiger partial charge in [0.15, 0.2) is 0 Å². The summed E-state index contributed by atoms with van der Waals surface area (Å²) in [7, 11) is 0. The van der Waals surface area contributed by atoms with Crippen LogP contribution in [-0.2, 0) is 25.5 Å². The third kappa shape index (κ3) is 5.68. The highest BCUT2D eigenvalue weighted by Crippen LogP contribution is 2.41. The van der Waals surface area contributed by atoms with Crippen LogP contribution in [0.15, 0.2) is 24.3 Å². The Morgan fingerprint density at radius 1 is 1.30 bits per heavy atom. The van der Waals surface area contributed by atoms with Gasteiger partial charge in [0, 0.05) is 6.42 Å². The van der Waals surface area contributed by atoms with E-state index < -0.39 is 35.2 Å². The van der Waals surface area contributed by atoms with E-state index >= 15 is 0 Å². The van der Waals surface area contributed by atoms with E-state index in [0.29, 0.717) is 12.0 Å². The van der Waals surface area contributed by atoms with Crippen LogP contribution in [0, 0.1) is 5.92 Å². The van der Waals surface area contributed by atoms with E-state index in [2.05, 4.69) is 5.32 Å². The number of alkyl carbamates (subject to hydrolysis) is 1. The van der Waals surface area contributed by atoms with E-state index in [4.69, 9.17) is 15.2 Å². The van der Waals surface area contributed by atoms with Crippen molar-refractivity contribution in [3.8, 4) is 5.75 Å². The molecule has 1 amide bonds. The first-order valence-corrected chi connectivity index (χ1v) is 8.73. The molecular formula is C19H26N2O6. The molecule has 148 valence electrons. The Kier molecular flexibility index (Phi) is 5.79. The molecule has 0 bridgehead atoms. The highest BCUT2D eigenvalue weighted by Gasteiger charge is 2.56. The van der Waals surface area contributed by atoms with Gasteiger partial charge in [-0.05, 0) is 50.8 Å². The molecule has 1 aromatic carbocycles. The smallest absolute Gasteiger partial charge is 0.408 e. The lowest BCUT2D eigenvalue weighted by Crippen LogP contribution is -2.48. The van der Waals surface area contributed by atoms with Gasteiger partial charge in [-0.1, -0.05) is 19.1 Å². The van der Waals surface area contributed by atoms with E-state index in [9.17, 15) is 19.5 Å². The molecule has 8 heteroatoms. The average Bonchev–Trinajstić information content (AvgIpc) is 3.15. The second kappa shape index (κ2) is 7.56. The Morgan fingerprint density at radius 2 is 1.85 bits per heavy atom. The number of phenols is 1. The average molecular weight is 378 g/mol. The van der Waals surface area contributed by atoms with Crippen molar-refractivity contribution in [2.45, 2.75) is 57.7 Å². The Balaban J connectivity index is 2.10. The number of esters is 2. The second-order valence-corrected chi connectivity index (χ2v) is 7.92. The van der Waals surface area contributed by atoms with Crippen LogP contribution >= 0.6 is 0 Å². The first-order chi connectivity index (χ1) is 12.4. The fourth-order valence-electron chi connectivity index (χ4n) is 2.50. The molecule has 1 fully saturated rings. The van der Waals surface area contributed by atoms with Crippen molar-refractivity contribution in [3.05, 3.63) is 29.8 Å². The van der Waals surface area contributed by atoms with E-state index in [1.54, 1.807) is 39.8 Å². The number of amides is 1. The quantitative estimate of drug-likeness (QED) is 0.525. The number of hydrogen-bond donors (Lipinski definition) is 3. The highest BCUT2D eigenvalue weighted by atomic mass is 16.6. The summed E-state index contributed by atoms with van der Waals surface area (Å²) in [6.07, 6.45) is -0.307. The van der Waals surface area contributed by atoms with Gasteiger partial charge in [-0.2, -0.15) is 0 Å². The molecule has 27 heavy (non-hydrogen) atoms. The molecule has 0 aromatic heterocycles. The van der Waals surface area contributed by atoms with Crippen LogP contribution in [0.25, 0.3) is 0 Å². The number of nitrogens with two attached hydrogens (primary N) is 1. The third-order valence-corrected chi connectivity index (χ3v) is 4.29. The monoisotopic (exact) mass is 378 g/mol. The van der Waals surface area contributed by atoms with E-state index in [1.165, 1.54) is 12.1 Å². The Labute approximate surface area is 158 Å². The summed E-state index contributed by atoms with van der Waals surface area (Å²) in [5.74, 6) is -1.71.